The van der Waals surface area contributed by atoms with E-state index in [1.54, 1.807) is 0 Å². The van der Waals surface area contributed by atoms with Gasteiger partial charge in [-0.15, -0.1) is 0 Å². The lowest BCUT2D eigenvalue weighted by Gasteiger charge is -2.11. The standard InChI is InChI=1S/C17H17N3/c1-20(2)16-7-4-13(5-8-16)3-6-15-11-14-12-18-10-9-17(14)19-15/h4-5,7-9,11-12,18-19H,10H2,1-2H3. The Balaban J connectivity index is 1.87. The number of benzene rings is 1. The van der Waals surface area contributed by atoms with Gasteiger partial charge in [0.05, 0.1) is 5.69 Å². The van der Waals surface area contributed by atoms with Gasteiger partial charge in [0, 0.05) is 48.7 Å². The molecule has 0 radical (unpaired) electrons. The second-order valence-electron chi connectivity index (χ2n) is 5.00. The molecular formula is C17H17N3. The zero-order valence-electron chi connectivity index (χ0n) is 11.7. The van der Waals surface area contributed by atoms with E-state index in [1.807, 2.05) is 32.4 Å². The Morgan fingerprint density at radius 2 is 1.90 bits per heavy atom. The first-order valence-electron chi connectivity index (χ1n) is 6.64. The Hall–Kier alpha value is -2.60. The van der Waals surface area contributed by atoms with E-state index >= 15 is 0 Å². The minimum atomic E-state index is 0.867. The zero-order valence-corrected chi connectivity index (χ0v) is 11.7. The normalized spacial score (nSPS) is 12.1. The highest BCUT2D eigenvalue weighted by atomic mass is 15.1. The predicted octanol–water partition coefficient (Wildman–Crippen LogP) is 0.602. The van der Waals surface area contributed by atoms with Gasteiger partial charge >= 0.3 is 0 Å². The van der Waals surface area contributed by atoms with Crippen molar-refractivity contribution in [2.45, 2.75) is 0 Å². The summed E-state index contributed by atoms with van der Waals surface area (Å²) in [7, 11) is 4.07. The number of fused-ring (bicyclic) bond motifs is 1. The Morgan fingerprint density at radius 1 is 1.10 bits per heavy atom. The Labute approximate surface area is 118 Å². The van der Waals surface area contributed by atoms with Gasteiger partial charge in [-0.1, -0.05) is 5.92 Å². The molecule has 1 aromatic heterocycles. The van der Waals surface area contributed by atoms with E-state index in [0.29, 0.717) is 0 Å². The van der Waals surface area contributed by atoms with Crippen molar-refractivity contribution in [1.82, 2.24) is 10.3 Å². The molecule has 3 heteroatoms. The van der Waals surface area contributed by atoms with Crippen LogP contribution in [0.25, 0.3) is 12.3 Å². The molecule has 1 aliphatic heterocycles. The lowest BCUT2D eigenvalue weighted by Crippen LogP contribution is -2.31. The minimum Gasteiger partial charge on any atom is -0.387 e. The van der Waals surface area contributed by atoms with Crippen LogP contribution in [0, 0.1) is 11.8 Å². The predicted molar refractivity (Wildman–Crippen MR) is 83.7 cm³/mol. The number of anilines is 1. The van der Waals surface area contributed by atoms with Gasteiger partial charge in [0.15, 0.2) is 0 Å². The maximum absolute atomic E-state index is 3.32. The number of aromatic amines is 1. The number of aromatic nitrogens is 1. The lowest BCUT2D eigenvalue weighted by atomic mass is 10.2. The summed E-state index contributed by atoms with van der Waals surface area (Å²) in [5.74, 6) is 6.37. The van der Waals surface area contributed by atoms with Crippen LogP contribution < -0.4 is 20.8 Å². The maximum Gasteiger partial charge on any atom is 0.0908 e. The molecule has 20 heavy (non-hydrogen) atoms. The van der Waals surface area contributed by atoms with Gasteiger partial charge in [-0.2, -0.15) is 0 Å². The van der Waals surface area contributed by atoms with Gasteiger partial charge in [0.25, 0.3) is 0 Å². The number of rotatable bonds is 1. The summed E-state index contributed by atoms with van der Waals surface area (Å²) in [4.78, 5) is 5.40. The van der Waals surface area contributed by atoms with E-state index in [1.165, 1.54) is 10.9 Å². The molecule has 0 amide bonds. The average Bonchev–Trinajstić information content (AvgIpc) is 2.88. The summed E-state index contributed by atoms with van der Waals surface area (Å²) in [6.07, 6.45) is 4.15. The van der Waals surface area contributed by atoms with Crippen LogP contribution in [0.2, 0.25) is 0 Å². The van der Waals surface area contributed by atoms with Crippen molar-refractivity contribution in [3.05, 3.63) is 52.2 Å². The molecule has 0 saturated heterocycles. The SMILES string of the molecule is CN(C)c1ccc(C#Cc2cc3c([nH]2)=CCNC=3)cc1. The largest absolute Gasteiger partial charge is 0.387 e. The van der Waals surface area contributed by atoms with Crippen LogP contribution in [0.3, 0.4) is 0 Å². The van der Waals surface area contributed by atoms with E-state index in [2.05, 4.69) is 51.3 Å². The van der Waals surface area contributed by atoms with Crippen molar-refractivity contribution in [3.8, 4) is 11.8 Å². The summed E-state index contributed by atoms with van der Waals surface area (Å²) in [5, 5.41) is 5.51. The van der Waals surface area contributed by atoms with Crippen molar-refractivity contribution in [3.63, 3.8) is 0 Å². The molecule has 0 atom stereocenters. The molecule has 100 valence electrons. The second-order valence-corrected chi connectivity index (χ2v) is 5.00. The van der Waals surface area contributed by atoms with Crippen molar-refractivity contribution < 1.29 is 0 Å². The monoisotopic (exact) mass is 263 g/mol. The topological polar surface area (TPSA) is 31.1 Å². The molecule has 0 bridgehead atoms. The maximum atomic E-state index is 3.32. The van der Waals surface area contributed by atoms with E-state index in [0.717, 1.165) is 23.2 Å². The molecule has 0 spiro atoms. The molecule has 0 saturated carbocycles. The van der Waals surface area contributed by atoms with Crippen LogP contribution in [0.1, 0.15) is 11.3 Å². The fourth-order valence-electron chi connectivity index (χ4n) is 2.15. The Bertz CT molecular complexity index is 750. The fourth-order valence-corrected chi connectivity index (χ4v) is 2.15. The highest BCUT2D eigenvalue weighted by Gasteiger charge is 1.97. The van der Waals surface area contributed by atoms with Gasteiger partial charge in [-0.3, -0.25) is 0 Å². The van der Waals surface area contributed by atoms with Gasteiger partial charge in [0.1, 0.15) is 0 Å². The third kappa shape index (κ3) is 2.55. The van der Waals surface area contributed by atoms with Crippen molar-refractivity contribution in [1.29, 1.82) is 0 Å². The molecule has 1 aromatic carbocycles. The first-order valence-corrected chi connectivity index (χ1v) is 6.64. The van der Waals surface area contributed by atoms with Crippen molar-refractivity contribution >= 4 is 18.0 Å². The number of hydrogen-bond acceptors (Lipinski definition) is 2. The summed E-state index contributed by atoms with van der Waals surface area (Å²) in [5.41, 5.74) is 3.15. The molecule has 3 rings (SSSR count). The molecule has 1 aliphatic rings. The Morgan fingerprint density at radius 3 is 2.60 bits per heavy atom. The van der Waals surface area contributed by atoms with Crippen LogP contribution in [-0.4, -0.2) is 25.6 Å². The molecule has 2 N–H and O–H groups in total. The summed E-state index contributed by atoms with van der Waals surface area (Å²) in [6.45, 7) is 0.867. The molecule has 3 nitrogen and oxygen atoms in total. The molecule has 2 aromatic rings. The molecule has 0 aliphatic carbocycles. The zero-order chi connectivity index (χ0) is 13.9. The van der Waals surface area contributed by atoms with Crippen LogP contribution in [0.15, 0.2) is 30.3 Å². The summed E-state index contributed by atoms with van der Waals surface area (Å²) >= 11 is 0. The fraction of sp³-hybridized carbons (Fsp3) is 0.176. The number of nitrogens with zero attached hydrogens (tertiary/aromatic N) is 1. The van der Waals surface area contributed by atoms with Gasteiger partial charge in [0.2, 0.25) is 0 Å². The first-order chi connectivity index (χ1) is 9.72. The highest BCUT2D eigenvalue weighted by Crippen LogP contribution is 2.11. The number of nitrogens with one attached hydrogen (secondary N) is 2. The lowest BCUT2D eigenvalue weighted by molar-refractivity contribution is 1.04. The number of H-pyrrole nitrogens is 1. The second kappa shape index (κ2) is 5.18. The molecular weight excluding hydrogens is 246 g/mol. The third-order valence-electron chi connectivity index (χ3n) is 3.29. The van der Waals surface area contributed by atoms with E-state index in [-0.39, 0.29) is 0 Å². The van der Waals surface area contributed by atoms with Crippen LogP contribution in [0.4, 0.5) is 5.69 Å². The Kier molecular flexibility index (Phi) is 3.22. The van der Waals surface area contributed by atoms with E-state index in [4.69, 9.17) is 0 Å². The molecule has 0 fully saturated rings. The van der Waals surface area contributed by atoms with Gasteiger partial charge < -0.3 is 15.2 Å². The van der Waals surface area contributed by atoms with Crippen LogP contribution >= 0.6 is 0 Å². The molecule has 2 heterocycles. The smallest absolute Gasteiger partial charge is 0.0908 e. The van der Waals surface area contributed by atoms with Crippen molar-refractivity contribution in [2.75, 3.05) is 25.5 Å². The van der Waals surface area contributed by atoms with Gasteiger partial charge in [-0.25, -0.2) is 0 Å². The van der Waals surface area contributed by atoms with E-state index < -0.39 is 0 Å². The van der Waals surface area contributed by atoms with Gasteiger partial charge in [-0.05, 0) is 42.3 Å². The summed E-state index contributed by atoms with van der Waals surface area (Å²) in [6, 6.07) is 10.3. The molecule has 0 unspecified atom stereocenters. The number of hydrogen-bond donors (Lipinski definition) is 2. The highest BCUT2D eigenvalue weighted by molar-refractivity contribution is 5.50. The van der Waals surface area contributed by atoms with Crippen molar-refractivity contribution in [2.24, 2.45) is 0 Å². The third-order valence-corrected chi connectivity index (χ3v) is 3.29. The van der Waals surface area contributed by atoms with E-state index in [9.17, 15) is 0 Å². The first kappa shape index (κ1) is 12.4. The summed E-state index contributed by atoms with van der Waals surface area (Å²) < 4.78 is 0. The quantitative estimate of drug-likeness (QED) is 0.738. The van der Waals surface area contributed by atoms with Crippen LogP contribution in [0.5, 0.6) is 0 Å². The minimum absolute atomic E-state index is 0.867. The van der Waals surface area contributed by atoms with Crippen LogP contribution in [-0.2, 0) is 0 Å². The average molecular weight is 263 g/mol.